The maximum absolute atomic E-state index is 5.69. The normalized spacial score (nSPS) is 15.4. The van der Waals surface area contributed by atoms with E-state index in [-0.39, 0.29) is 17.6 Å². The highest BCUT2D eigenvalue weighted by molar-refractivity contribution is 9.10. The summed E-state index contributed by atoms with van der Waals surface area (Å²) in [6.07, 6.45) is 0.896. The minimum Gasteiger partial charge on any atom is -0.379 e. The average molecular weight is 315 g/mol. The van der Waals surface area contributed by atoms with E-state index in [2.05, 4.69) is 54.3 Å². The Labute approximate surface area is 118 Å². The van der Waals surface area contributed by atoms with Gasteiger partial charge in [-0.1, -0.05) is 48.8 Å². The van der Waals surface area contributed by atoms with Gasteiger partial charge in [0.2, 0.25) is 0 Å². The minimum atomic E-state index is 0.0395. The summed E-state index contributed by atoms with van der Waals surface area (Å²) in [7, 11) is 1.74. The van der Waals surface area contributed by atoms with Gasteiger partial charge < -0.3 is 4.74 Å². The van der Waals surface area contributed by atoms with Crippen molar-refractivity contribution in [3.63, 3.8) is 0 Å². The van der Waals surface area contributed by atoms with Crippen molar-refractivity contribution < 1.29 is 4.74 Å². The lowest BCUT2D eigenvalue weighted by molar-refractivity contribution is -0.0110. The van der Waals surface area contributed by atoms with E-state index in [1.807, 2.05) is 12.1 Å². The SMILES string of the molecule is COC(C(Cc1cccc(Br)c1)NN)C(C)(C)C. The summed E-state index contributed by atoms with van der Waals surface area (Å²) in [5.41, 5.74) is 4.16. The van der Waals surface area contributed by atoms with Crippen LogP contribution in [0.15, 0.2) is 28.7 Å². The Morgan fingerprint density at radius 1 is 1.39 bits per heavy atom. The predicted octanol–water partition coefficient (Wildman–Crippen LogP) is 2.88. The lowest BCUT2D eigenvalue weighted by Crippen LogP contribution is -2.51. The second-order valence-electron chi connectivity index (χ2n) is 5.63. The van der Waals surface area contributed by atoms with Crippen LogP contribution < -0.4 is 11.3 Å². The molecule has 0 aromatic heterocycles. The fourth-order valence-corrected chi connectivity index (χ4v) is 2.74. The Morgan fingerprint density at radius 3 is 2.50 bits per heavy atom. The van der Waals surface area contributed by atoms with Crippen molar-refractivity contribution in [2.45, 2.75) is 39.3 Å². The van der Waals surface area contributed by atoms with Crippen LogP contribution in [0.1, 0.15) is 26.3 Å². The highest BCUT2D eigenvalue weighted by Crippen LogP contribution is 2.26. The van der Waals surface area contributed by atoms with Crippen molar-refractivity contribution in [1.82, 2.24) is 5.43 Å². The monoisotopic (exact) mass is 314 g/mol. The molecule has 1 aromatic carbocycles. The summed E-state index contributed by atoms with van der Waals surface area (Å²) >= 11 is 3.48. The molecule has 0 saturated carbocycles. The number of halogens is 1. The molecule has 0 heterocycles. The summed E-state index contributed by atoms with van der Waals surface area (Å²) in [6, 6.07) is 8.35. The number of ether oxygens (including phenoxy) is 1. The summed E-state index contributed by atoms with van der Waals surface area (Å²) < 4.78 is 6.70. The second kappa shape index (κ2) is 6.66. The molecule has 0 radical (unpaired) electrons. The third-order valence-electron chi connectivity index (χ3n) is 3.03. The molecule has 3 nitrogen and oxygen atoms in total. The summed E-state index contributed by atoms with van der Waals surface area (Å²) in [4.78, 5) is 0. The van der Waals surface area contributed by atoms with Gasteiger partial charge in [0.05, 0.1) is 12.1 Å². The molecule has 0 bridgehead atoms. The fraction of sp³-hybridized carbons (Fsp3) is 0.571. The zero-order valence-electron chi connectivity index (χ0n) is 11.5. The largest absolute Gasteiger partial charge is 0.379 e. The molecule has 1 aromatic rings. The topological polar surface area (TPSA) is 47.3 Å². The Balaban J connectivity index is 2.84. The molecular formula is C14H23BrN2O. The van der Waals surface area contributed by atoms with Gasteiger partial charge in [-0.05, 0) is 29.5 Å². The van der Waals surface area contributed by atoms with E-state index in [1.165, 1.54) is 5.56 Å². The molecule has 3 N–H and O–H groups in total. The fourth-order valence-electron chi connectivity index (χ4n) is 2.29. The van der Waals surface area contributed by atoms with Crippen LogP contribution in [0, 0.1) is 5.41 Å². The van der Waals surface area contributed by atoms with Gasteiger partial charge in [-0.2, -0.15) is 0 Å². The molecule has 4 heteroatoms. The number of nitrogens with one attached hydrogen (secondary N) is 1. The first kappa shape index (κ1) is 15.6. The molecular weight excluding hydrogens is 292 g/mol. The lowest BCUT2D eigenvalue weighted by atomic mass is 9.82. The maximum atomic E-state index is 5.69. The van der Waals surface area contributed by atoms with E-state index in [0.717, 1.165) is 10.9 Å². The molecule has 0 saturated heterocycles. The third kappa shape index (κ3) is 4.35. The molecule has 2 atom stereocenters. The van der Waals surface area contributed by atoms with Crippen molar-refractivity contribution in [3.05, 3.63) is 34.3 Å². The third-order valence-corrected chi connectivity index (χ3v) is 3.52. The van der Waals surface area contributed by atoms with Crippen molar-refractivity contribution in [3.8, 4) is 0 Å². The summed E-state index contributed by atoms with van der Waals surface area (Å²) in [5.74, 6) is 5.69. The Kier molecular flexibility index (Phi) is 5.79. The van der Waals surface area contributed by atoms with Gasteiger partial charge in [-0.15, -0.1) is 0 Å². The van der Waals surface area contributed by atoms with Crippen LogP contribution >= 0.6 is 15.9 Å². The molecule has 102 valence electrons. The number of hydrazine groups is 1. The van der Waals surface area contributed by atoms with Gasteiger partial charge in [-0.3, -0.25) is 11.3 Å². The Hall–Kier alpha value is -0.420. The number of hydrogen-bond donors (Lipinski definition) is 2. The van der Waals surface area contributed by atoms with Crippen LogP contribution in [-0.2, 0) is 11.2 Å². The Bertz CT molecular complexity index is 376. The van der Waals surface area contributed by atoms with Crippen molar-refractivity contribution in [1.29, 1.82) is 0 Å². The molecule has 0 fully saturated rings. The molecule has 0 aliphatic heterocycles. The van der Waals surface area contributed by atoms with E-state index in [0.29, 0.717) is 0 Å². The average Bonchev–Trinajstić information content (AvgIpc) is 2.26. The molecule has 0 aliphatic carbocycles. The number of hydrogen-bond acceptors (Lipinski definition) is 3. The molecule has 2 unspecified atom stereocenters. The quantitative estimate of drug-likeness (QED) is 0.649. The summed E-state index contributed by atoms with van der Waals surface area (Å²) in [5, 5.41) is 0. The lowest BCUT2D eigenvalue weighted by Gasteiger charge is -2.35. The van der Waals surface area contributed by atoms with Gasteiger partial charge in [0.1, 0.15) is 0 Å². The minimum absolute atomic E-state index is 0.0395. The van der Waals surface area contributed by atoms with Gasteiger partial charge in [-0.25, -0.2) is 0 Å². The molecule has 0 amide bonds. The van der Waals surface area contributed by atoms with Crippen molar-refractivity contribution >= 4 is 15.9 Å². The van der Waals surface area contributed by atoms with Crippen LogP contribution in [0.25, 0.3) is 0 Å². The highest BCUT2D eigenvalue weighted by atomic mass is 79.9. The van der Waals surface area contributed by atoms with Crippen LogP contribution in [0.3, 0.4) is 0 Å². The summed E-state index contributed by atoms with van der Waals surface area (Å²) in [6.45, 7) is 6.48. The van der Waals surface area contributed by atoms with Crippen LogP contribution in [0.5, 0.6) is 0 Å². The number of methoxy groups -OCH3 is 1. The van der Waals surface area contributed by atoms with E-state index in [1.54, 1.807) is 7.11 Å². The van der Waals surface area contributed by atoms with Crippen LogP contribution in [0.4, 0.5) is 0 Å². The number of rotatable bonds is 5. The van der Waals surface area contributed by atoms with Crippen molar-refractivity contribution in [2.75, 3.05) is 7.11 Å². The molecule has 0 spiro atoms. The smallest absolute Gasteiger partial charge is 0.0789 e. The Morgan fingerprint density at radius 2 is 2.06 bits per heavy atom. The predicted molar refractivity (Wildman–Crippen MR) is 79.2 cm³/mol. The second-order valence-corrected chi connectivity index (χ2v) is 6.55. The zero-order valence-corrected chi connectivity index (χ0v) is 13.1. The van der Waals surface area contributed by atoms with Crippen molar-refractivity contribution in [2.24, 2.45) is 11.3 Å². The first-order valence-electron chi connectivity index (χ1n) is 6.12. The molecule has 18 heavy (non-hydrogen) atoms. The van der Waals surface area contributed by atoms with Crippen LogP contribution in [-0.4, -0.2) is 19.3 Å². The van der Waals surface area contributed by atoms with Gasteiger partial charge >= 0.3 is 0 Å². The standard InChI is InChI=1S/C14H23BrN2O/c1-14(2,3)13(18-4)12(17-16)9-10-6-5-7-11(15)8-10/h5-8,12-13,17H,9,16H2,1-4H3. The number of nitrogens with two attached hydrogens (primary N) is 1. The van der Waals surface area contributed by atoms with E-state index >= 15 is 0 Å². The van der Waals surface area contributed by atoms with Gasteiger partial charge in [0.25, 0.3) is 0 Å². The maximum Gasteiger partial charge on any atom is 0.0789 e. The zero-order chi connectivity index (χ0) is 13.8. The van der Waals surface area contributed by atoms with Gasteiger partial charge in [0, 0.05) is 11.6 Å². The van der Waals surface area contributed by atoms with E-state index in [4.69, 9.17) is 10.6 Å². The molecule has 0 aliphatic rings. The highest BCUT2D eigenvalue weighted by Gasteiger charge is 2.31. The first-order chi connectivity index (χ1) is 8.38. The van der Waals surface area contributed by atoms with E-state index in [9.17, 15) is 0 Å². The van der Waals surface area contributed by atoms with Crippen LogP contribution in [0.2, 0.25) is 0 Å². The first-order valence-corrected chi connectivity index (χ1v) is 6.91. The van der Waals surface area contributed by atoms with E-state index < -0.39 is 0 Å². The number of benzene rings is 1. The molecule has 1 rings (SSSR count). The van der Waals surface area contributed by atoms with Gasteiger partial charge in [0.15, 0.2) is 0 Å².